The third kappa shape index (κ3) is 4.47. The van der Waals surface area contributed by atoms with Gasteiger partial charge in [0.15, 0.2) is 11.3 Å². The minimum absolute atomic E-state index is 0.217. The lowest BCUT2D eigenvalue weighted by Crippen LogP contribution is -2.10. The second-order valence-electron chi connectivity index (χ2n) is 8.26. The Bertz CT molecular complexity index is 1470. The van der Waals surface area contributed by atoms with Crippen LogP contribution < -0.4 is 5.32 Å². The lowest BCUT2D eigenvalue weighted by atomic mass is 9.98. The van der Waals surface area contributed by atoms with Crippen molar-refractivity contribution >= 4 is 34.3 Å². The van der Waals surface area contributed by atoms with Crippen LogP contribution in [0.2, 0.25) is 5.02 Å². The second kappa shape index (κ2) is 9.20. The molecule has 1 atom stereocenters. The number of hydrogen-bond donors (Lipinski definition) is 1. The number of rotatable bonds is 6. The fraction of sp³-hybridized carbons (Fsp3) is 0.143. The average Bonchev–Trinajstić information content (AvgIpc) is 3.51. The number of nitrogens with one attached hydrogen (secondary N) is 1. The lowest BCUT2D eigenvalue weighted by Gasteiger charge is -2.07. The fourth-order valence-electron chi connectivity index (χ4n) is 3.76. The zero-order chi connectivity index (χ0) is 23.7. The molecule has 3 aromatic carbocycles. The summed E-state index contributed by atoms with van der Waals surface area (Å²) in [7, 11) is 0. The highest BCUT2D eigenvalue weighted by molar-refractivity contribution is 6.30. The van der Waals surface area contributed by atoms with Gasteiger partial charge in [-0.15, -0.1) is 0 Å². The number of carbonyl (C=O) groups is 1. The van der Waals surface area contributed by atoms with Crippen LogP contribution in [-0.4, -0.2) is 10.9 Å². The number of aromatic nitrogens is 1. The number of hydrogen-bond acceptors (Lipinski definition) is 4. The summed E-state index contributed by atoms with van der Waals surface area (Å²) >= 11 is 5.94. The van der Waals surface area contributed by atoms with Crippen LogP contribution in [0, 0.1) is 0 Å². The zero-order valence-corrected chi connectivity index (χ0v) is 19.6. The van der Waals surface area contributed by atoms with Gasteiger partial charge in [0.25, 0.3) is 5.91 Å². The normalized spacial score (nSPS) is 12.1. The Kier molecular flexibility index (Phi) is 5.95. The second-order valence-corrected chi connectivity index (χ2v) is 8.70. The predicted molar refractivity (Wildman–Crippen MR) is 135 cm³/mol. The molecule has 0 saturated carbocycles. The maximum atomic E-state index is 12.8. The molecule has 0 fully saturated rings. The first-order chi connectivity index (χ1) is 16.5. The number of nitrogens with zero attached hydrogens (tertiary/aromatic N) is 1. The van der Waals surface area contributed by atoms with Crippen molar-refractivity contribution in [3.05, 3.63) is 95.2 Å². The molecule has 1 N–H and O–H groups in total. The molecule has 0 aliphatic heterocycles. The average molecular weight is 471 g/mol. The molecule has 0 bridgehead atoms. The summed E-state index contributed by atoms with van der Waals surface area (Å²) in [6, 6.07) is 24.2. The van der Waals surface area contributed by atoms with Gasteiger partial charge in [-0.05, 0) is 84.6 Å². The quantitative estimate of drug-likeness (QED) is 0.271. The molecular weight excluding hydrogens is 448 g/mol. The van der Waals surface area contributed by atoms with Gasteiger partial charge in [-0.25, -0.2) is 4.98 Å². The number of fused-ring (bicyclic) bond motifs is 1. The molecule has 5 aromatic rings. The van der Waals surface area contributed by atoms with Gasteiger partial charge < -0.3 is 14.2 Å². The maximum Gasteiger partial charge on any atom is 0.291 e. The molecule has 0 radical (unpaired) electrons. The first-order valence-electron chi connectivity index (χ1n) is 11.2. The molecule has 170 valence electrons. The van der Waals surface area contributed by atoms with Crippen molar-refractivity contribution in [3.8, 4) is 22.8 Å². The van der Waals surface area contributed by atoms with E-state index in [-0.39, 0.29) is 11.7 Å². The summed E-state index contributed by atoms with van der Waals surface area (Å²) in [5.41, 5.74) is 5.05. The molecule has 1 amide bonds. The molecule has 2 aromatic heterocycles. The van der Waals surface area contributed by atoms with Crippen LogP contribution in [0.15, 0.2) is 87.7 Å². The van der Waals surface area contributed by atoms with Gasteiger partial charge in [0.2, 0.25) is 5.89 Å². The van der Waals surface area contributed by atoms with E-state index in [1.54, 1.807) is 24.3 Å². The number of furan rings is 1. The topological polar surface area (TPSA) is 68.3 Å². The summed E-state index contributed by atoms with van der Waals surface area (Å²) in [4.78, 5) is 17.4. The monoisotopic (exact) mass is 470 g/mol. The van der Waals surface area contributed by atoms with Crippen molar-refractivity contribution in [1.29, 1.82) is 0 Å². The van der Waals surface area contributed by atoms with Crippen LogP contribution >= 0.6 is 11.6 Å². The van der Waals surface area contributed by atoms with Gasteiger partial charge in [-0.1, -0.05) is 37.6 Å². The number of anilines is 1. The van der Waals surface area contributed by atoms with E-state index < -0.39 is 0 Å². The highest BCUT2D eigenvalue weighted by atomic mass is 35.5. The largest absolute Gasteiger partial charge is 0.451 e. The summed E-state index contributed by atoms with van der Waals surface area (Å²) in [6.07, 6.45) is 1.06. The number of halogens is 1. The van der Waals surface area contributed by atoms with Crippen molar-refractivity contribution in [2.75, 3.05) is 5.32 Å². The van der Waals surface area contributed by atoms with Crippen LogP contribution in [0.4, 0.5) is 5.69 Å². The molecule has 0 spiro atoms. The van der Waals surface area contributed by atoms with Gasteiger partial charge in [0, 0.05) is 21.8 Å². The van der Waals surface area contributed by atoms with Crippen molar-refractivity contribution in [1.82, 2.24) is 4.98 Å². The Labute approximate surface area is 202 Å². The minimum Gasteiger partial charge on any atom is -0.451 e. The summed E-state index contributed by atoms with van der Waals surface area (Å²) < 4.78 is 11.7. The lowest BCUT2D eigenvalue weighted by molar-refractivity contribution is 0.0997. The van der Waals surface area contributed by atoms with E-state index in [9.17, 15) is 4.79 Å². The van der Waals surface area contributed by atoms with E-state index in [0.717, 1.165) is 28.6 Å². The molecule has 2 heterocycles. The van der Waals surface area contributed by atoms with Crippen LogP contribution in [0.1, 0.15) is 42.3 Å². The van der Waals surface area contributed by atoms with Crippen LogP contribution in [0.5, 0.6) is 0 Å². The van der Waals surface area contributed by atoms with Gasteiger partial charge in [-0.3, -0.25) is 4.79 Å². The van der Waals surface area contributed by atoms with Crippen molar-refractivity contribution < 1.29 is 13.6 Å². The third-order valence-electron chi connectivity index (χ3n) is 5.92. The number of benzene rings is 3. The van der Waals surface area contributed by atoms with E-state index in [4.69, 9.17) is 20.4 Å². The fourth-order valence-corrected chi connectivity index (χ4v) is 3.89. The standard InChI is InChI=1S/C28H23ClN2O3/c1-3-17(2)19-9-12-25-23(16-19)31-28(34-25)20-5-4-6-22(15-20)30-27(32)26-14-13-24(33-26)18-7-10-21(29)11-8-18/h4-17H,3H2,1-2H3,(H,30,32). The van der Waals surface area contributed by atoms with Crippen molar-refractivity contribution in [3.63, 3.8) is 0 Å². The predicted octanol–water partition coefficient (Wildman–Crippen LogP) is 8.17. The molecule has 0 aliphatic rings. The molecule has 1 unspecified atom stereocenters. The smallest absolute Gasteiger partial charge is 0.291 e. The highest BCUT2D eigenvalue weighted by Gasteiger charge is 2.15. The zero-order valence-electron chi connectivity index (χ0n) is 18.8. The van der Waals surface area contributed by atoms with Crippen LogP contribution in [0.3, 0.4) is 0 Å². The van der Waals surface area contributed by atoms with Gasteiger partial charge >= 0.3 is 0 Å². The van der Waals surface area contributed by atoms with Crippen molar-refractivity contribution in [2.45, 2.75) is 26.2 Å². The SMILES string of the molecule is CCC(C)c1ccc2oc(-c3cccc(NC(=O)c4ccc(-c5ccc(Cl)cc5)o4)c3)nc2c1. The number of amides is 1. The maximum absolute atomic E-state index is 12.8. The van der Waals surface area contributed by atoms with Gasteiger partial charge in [-0.2, -0.15) is 0 Å². The molecule has 0 saturated heterocycles. The Balaban J connectivity index is 1.35. The molecule has 5 rings (SSSR count). The van der Waals surface area contributed by atoms with Crippen LogP contribution in [0.25, 0.3) is 33.9 Å². The number of carbonyl (C=O) groups excluding carboxylic acids is 1. The van der Waals surface area contributed by atoms with E-state index >= 15 is 0 Å². The summed E-state index contributed by atoms with van der Waals surface area (Å²) in [5.74, 6) is 1.45. The Morgan fingerprint density at radius 3 is 2.59 bits per heavy atom. The van der Waals surface area contributed by atoms with Gasteiger partial charge in [0.1, 0.15) is 11.3 Å². The van der Waals surface area contributed by atoms with Gasteiger partial charge in [0.05, 0.1) is 0 Å². The third-order valence-corrected chi connectivity index (χ3v) is 6.17. The van der Waals surface area contributed by atoms with Crippen LogP contribution in [-0.2, 0) is 0 Å². The first-order valence-corrected chi connectivity index (χ1v) is 11.6. The molecule has 34 heavy (non-hydrogen) atoms. The Morgan fingerprint density at radius 1 is 0.971 bits per heavy atom. The number of oxazole rings is 1. The first kappa shape index (κ1) is 22.0. The highest BCUT2D eigenvalue weighted by Crippen LogP contribution is 2.29. The summed E-state index contributed by atoms with van der Waals surface area (Å²) in [5, 5.41) is 3.53. The Hall–Kier alpha value is -3.83. The van der Waals surface area contributed by atoms with E-state index in [1.165, 1.54) is 5.56 Å². The molecule has 5 nitrogen and oxygen atoms in total. The van der Waals surface area contributed by atoms with E-state index in [0.29, 0.717) is 28.3 Å². The molecular formula is C28H23ClN2O3. The Morgan fingerprint density at radius 2 is 1.79 bits per heavy atom. The molecule has 6 heteroatoms. The minimum atomic E-state index is -0.340. The van der Waals surface area contributed by atoms with E-state index in [2.05, 4.69) is 36.3 Å². The van der Waals surface area contributed by atoms with Crippen molar-refractivity contribution in [2.24, 2.45) is 0 Å². The van der Waals surface area contributed by atoms with E-state index in [1.807, 2.05) is 42.5 Å². The summed E-state index contributed by atoms with van der Waals surface area (Å²) in [6.45, 7) is 4.37. The molecule has 0 aliphatic carbocycles.